The quantitative estimate of drug-likeness (QED) is 0.587. The second kappa shape index (κ2) is 8.53. The molecular weight excluding hydrogens is 386 g/mol. The van der Waals surface area contributed by atoms with Gasteiger partial charge in [0.1, 0.15) is 4.21 Å². The lowest BCUT2D eigenvalue weighted by atomic mass is 9.89. The molecule has 5 N–H and O–H groups in total. The van der Waals surface area contributed by atoms with Crippen LogP contribution in [0.1, 0.15) is 58.5 Å². The van der Waals surface area contributed by atoms with Crippen LogP contribution in [-0.2, 0) is 22.9 Å². The molecule has 0 spiro atoms. The molecule has 9 heteroatoms. The van der Waals surface area contributed by atoms with Crippen LogP contribution >= 0.6 is 11.3 Å². The second-order valence-electron chi connectivity index (χ2n) is 6.07. The Kier molecular flexibility index (Phi) is 6.61. The standard InChI is InChI=1S/C18H23N3O4S2/c1-3-6-11-13(17(19)22)10-14(12(7-4-2)16(11)18(20)23)21-27(24,25)15-8-5-9-26-15/h5,8-10,21H,3-4,6-7H2,1-2H3,(H2,19,22)(H2,20,23). The van der Waals surface area contributed by atoms with E-state index < -0.39 is 21.8 Å². The molecule has 0 aliphatic heterocycles. The van der Waals surface area contributed by atoms with Crippen LogP contribution in [0.15, 0.2) is 27.8 Å². The van der Waals surface area contributed by atoms with E-state index >= 15 is 0 Å². The molecule has 1 aromatic heterocycles. The zero-order valence-corrected chi connectivity index (χ0v) is 16.9. The van der Waals surface area contributed by atoms with E-state index in [1.807, 2.05) is 13.8 Å². The normalized spacial score (nSPS) is 11.3. The fourth-order valence-corrected chi connectivity index (χ4v) is 5.09. The number of sulfonamides is 1. The maximum atomic E-state index is 12.7. The summed E-state index contributed by atoms with van der Waals surface area (Å²) in [7, 11) is -3.86. The van der Waals surface area contributed by atoms with Gasteiger partial charge in [0.15, 0.2) is 0 Å². The van der Waals surface area contributed by atoms with Crippen molar-refractivity contribution >= 4 is 38.9 Å². The number of rotatable bonds is 9. The van der Waals surface area contributed by atoms with Crippen molar-refractivity contribution in [3.63, 3.8) is 0 Å². The van der Waals surface area contributed by atoms with Crippen LogP contribution in [0, 0.1) is 0 Å². The molecule has 0 aliphatic rings. The number of nitrogens with one attached hydrogen (secondary N) is 1. The number of hydrogen-bond donors (Lipinski definition) is 3. The van der Waals surface area contributed by atoms with Gasteiger partial charge in [0.25, 0.3) is 10.0 Å². The van der Waals surface area contributed by atoms with Gasteiger partial charge < -0.3 is 11.5 Å². The average molecular weight is 410 g/mol. The molecule has 0 radical (unpaired) electrons. The number of thiophene rings is 1. The molecule has 0 fully saturated rings. The molecule has 0 atom stereocenters. The topological polar surface area (TPSA) is 132 Å². The third kappa shape index (κ3) is 4.48. The Morgan fingerprint density at radius 3 is 2.19 bits per heavy atom. The SMILES string of the molecule is CCCc1c(NS(=O)(=O)c2cccs2)cc(C(N)=O)c(CCC)c1C(N)=O. The molecule has 0 saturated carbocycles. The van der Waals surface area contributed by atoms with Gasteiger partial charge in [-0.05, 0) is 41.5 Å². The van der Waals surface area contributed by atoms with E-state index in [1.165, 1.54) is 12.1 Å². The van der Waals surface area contributed by atoms with Crippen LogP contribution in [-0.4, -0.2) is 20.2 Å². The first-order valence-electron chi connectivity index (χ1n) is 8.57. The van der Waals surface area contributed by atoms with Crippen LogP contribution in [0.5, 0.6) is 0 Å². The van der Waals surface area contributed by atoms with E-state index in [0.717, 1.165) is 11.3 Å². The first-order chi connectivity index (χ1) is 12.7. The second-order valence-corrected chi connectivity index (χ2v) is 8.93. The Labute approximate surface area is 162 Å². The summed E-state index contributed by atoms with van der Waals surface area (Å²) in [6.45, 7) is 3.81. The van der Waals surface area contributed by atoms with Crippen molar-refractivity contribution in [1.29, 1.82) is 0 Å². The molecule has 0 unspecified atom stereocenters. The highest BCUT2D eigenvalue weighted by molar-refractivity contribution is 7.94. The number of primary amides is 2. The summed E-state index contributed by atoms with van der Waals surface area (Å²) in [5.74, 6) is -1.44. The minimum absolute atomic E-state index is 0.106. The number of nitrogens with two attached hydrogens (primary N) is 2. The number of amides is 2. The molecule has 1 aromatic carbocycles. The van der Waals surface area contributed by atoms with Crippen molar-refractivity contribution in [3.05, 3.63) is 45.8 Å². The average Bonchev–Trinajstić information content (AvgIpc) is 3.12. The summed E-state index contributed by atoms with van der Waals surface area (Å²) in [5.41, 5.74) is 12.5. The Morgan fingerprint density at radius 1 is 1.07 bits per heavy atom. The summed E-state index contributed by atoms with van der Waals surface area (Å²) in [5, 5.41) is 1.65. The number of benzene rings is 1. The first kappa shape index (κ1) is 20.9. The van der Waals surface area contributed by atoms with Gasteiger partial charge in [-0.3, -0.25) is 14.3 Å². The lowest BCUT2D eigenvalue weighted by molar-refractivity contribution is 0.0998. The largest absolute Gasteiger partial charge is 0.366 e. The molecule has 0 aliphatic carbocycles. The van der Waals surface area contributed by atoms with Crippen molar-refractivity contribution in [3.8, 4) is 0 Å². The fraction of sp³-hybridized carbons (Fsp3) is 0.333. The van der Waals surface area contributed by atoms with E-state index in [2.05, 4.69) is 4.72 Å². The van der Waals surface area contributed by atoms with Crippen LogP contribution < -0.4 is 16.2 Å². The predicted molar refractivity (Wildman–Crippen MR) is 107 cm³/mol. The lowest BCUT2D eigenvalue weighted by Crippen LogP contribution is -2.24. The van der Waals surface area contributed by atoms with Crippen LogP contribution in [0.3, 0.4) is 0 Å². The van der Waals surface area contributed by atoms with Crippen LogP contribution in [0.4, 0.5) is 5.69 Å². The van der Waals surface area contributed by atoms with Gasteiger partial charge in [-0.25, -0.2) is 8.42 Å². The van der Waals surface area contributed by atoms with Crippen LogP contribution in [0.2, 0.25) is 0 Å². The molecule has 2 rings (SSSR count). The fourth-order valence-electron chi connectivity index (χ4n) is 3.01. The number of carbonyl (C=O) groups is 2. The van der Waals surface area contributed by atoms with Gasteiger partial charge in [-0.2, -0.15) is 0 Å². The molecule has 2 aromatic rings. The molecule has 7 nitrogen and oxygen atoms in total. The Balaban J connectivity index is 2.75. The van der Waals surface area contributed by atoms with Crippen molar-refractivity contribution in [2.24, 2.45) is 11.5 Å². The molecule has 27 heavy (non-hydrogen) atoms. The van der Waals surface area contributed by atoms with Gasteiger partial charge >= 0.3 is 0 Å². The van der Waals surface area contributed by atoms with Crippen molar-refractivity contribution in [2.45, 2.75) is 43.7 Å². The van der Waals surface area contributed by atoms with E-state index in [-0.39, 0.29) is 21.0 Å². The van der Waals surface area contributed by atoms with Gasteiger partial charge in [0, 0.05) is 11.1 Å². The molecule has 1 heterocycles. The molecule has 2 amide bonds. The highest BCUT2D eigenvalue weighted by atomic mass is 32.2. The number of hydrogen-bond acceptors (Lipinski definition) is 5. The van der Waals surface area contributed by atoms with Crippen molar-refractivity contribution < 1.29 is 18.0 Å². The van der Waals surface area contributed by atoms with E-state index in [9.17, 15) is 18.0 Å². The Hall–Kier alpha value is -2.39. The highest BCUT2D eigenvalue weighted by Gasteiger charge is 2.25. The zero-order valence-electron chi connectivity index (χ0n) is 15.2. The first-order valence-corrected chi connectivity index (χ1v) is 10.9. The zero-order chi connectivity index (χ0) is 20.2. The predicted octanol–water partition coefficient (Wildman–Crippen LogP) is 2.65. The summed E-state index contributed by atoms with van der Waals surface area (Å²) >= 11 is 1.07. The van der Waals surface area contributed by atoms with Gasteiger partial charge in [-0.15, -0.1) is 11.3 Å². The van der Waals surface area contributed by atoms with Gasteiger partial charge in [-0.1, -0.05) is 32.8 Å². The van der Waals surface area contributed by atoms with E-state index in [4.69, 9.17) is 11.5 Å². The lowest BCUT2D eigenvalue weighted by Gasteiger charge is -2.20. The molecule has 146 valence electrons. The monoisotopic (exact) mass is 409 g/mol. The van der Waals surface area contributed by atoms with Crippen molar-refractivity contribution in [1.82, 2.24) is 0 Å². The van der Waals surface area contributed by atoms with Crippen LogP contribution in [0.25, 0.3) is 0 Å². The minimum atomic E-state index is -3.86. The Morgan fingerprint density at radius 2 is 1.70 bits per heavy atom. The third-order valence-electron chi connectivity index (χ3n) is 4.06. The highest BCUT2D eigenvalue weighted by Crippen LogP contribution is 2.31. The summed E-state index contributed by atoms with van der Waals surface area (Å²) < 4.78 is 27.9. The molecule has 0 saturated heterocycles. The maximum absolute atomic E-state index is 12.7. The minimum Gasteiger partial charge on any atom is -0.366 e. The van der Waals surface area contributed by atoms with E-state index in [1.54, 1.807) is 11.4 Å². The summed E-state index contributed by atoms with van der Waals surface area (Å²) in [6, 6.07) is 4.51. The maximum Gasteiger partial charge on any atom is 0.271 e. The van der Waals surface area contributed by atoms with Gasteiger partial charge in [0.2, 0.25) is 11.8 Å². The molecular formula is C18H23N3O4S2. The smallest absolute Gasteiger partial charge is 0.271 e. The van der Waals surface area contributed by atoms with Crippen molar-refractivity contribution in [2.75, 3.05) is 4.72 Å². The Bertz CT molecular complexity index is 951. The van der Waals surface area contributed by atoms with E-state index in [0.29, 0.717) is 36.8 Å². The van der Waals surface area contributed by atoms with Gasteiger partial charge in [0.05, 0.1) is 5.69 Å². The summed E-state index contributed by atoms with van der Waals surface area (Å²) in [4.78, 5) is 24.2. The molecule has 0 bridgehead atoms. The number of carbonyl (C=O) groups excluding carboxylic acids is 2. The summed E-state index contributed by atoms with van der Waals surface area (Å²) in [6.07, 6.45) is 2.20. The third-order valence-corrected chi connectivity index (χ3v) is 6.82. The number of anilines is 1.